The van der Waals surface area contributed by atoms with Crippen LogP contribution >= 0.6 is 23.2 Å². The molecule has 0 aliphatic carbocycles. The molecule has 1 atom stereocenters. The van der Waals surface area contributed by atoms with Gasteiger partial charge in [-0.2, -0.15) is 0 Å². The first-order valence-corrected chi connectivity index (χ1v) is 16.0. The molecule has 1 N–H and O–H groups in total. The van der Waals surface area contributed by atoms with Gasteiger partial charge in [0.25, 0.3) is 5.69 Å². The molecule has 0 saturated heterocycles. The largest absolute Gasteiger partial charge is 0.495 e. The predicted molar refractivity (Wildman–Crippen MR) is 171 cm³/mol. The zero-order chi connectivity index (χ0) is 32.8. The van der Waals surface area contributed by atoms with Crippen LogP contribution in [-0.4, -0.2) is 61.5 Å². The minimum atomic E-state index is -4.20. The average Bonchev–Trinajstić information content (AvgIpc) is 2.94. The van der Waals surface area contributed by atoms with Crippen molar-refractivity contribution in [3.8, 4) is 5.75 Å². The number of anilines is 1. The van der Waals surface area contributed by atoms with Crippen LogP contribution in [0.25, 0.3) is 0 Å². The van der Waals surface area contributed by atoms with Crippen LogP contribution in [0.4, 0.5) is 11.4 Å². The Kier molecular flexibility index (Phi) is 11.2. The zero-order valence-corrected chi connectivity index (χ0v) is 27.2. The summed E-state index contributed by atoms with van der Waals surface area (Å²) in [6.45, 7) is 4.49. The lowest BCUT2D eigenvalue weighted by Crippen LogP contribution is -2.56. The van der Waals surface area contributed by atoms with Gasteiger partial charge in [0.15, 0.2) is 0 Å². The lowest BCUT2D eigenvalue weighted by Gasteiger charge is -2.35. The third-order valence-corrected chi connectivity index (χ3v) is 8.29. The van der Waals surface area contributed by atoms with Crippen molar-refractivity contribution in [2.24, 2.45) is 0 Å². The Morgan fingerprint density at radius 1 is 1.00 bits per heavy atom. The number of nitrogens with one attached hydrogen (secondary N) is 1. The summed E-state index contributed by atoms with van der Waals surface area (Å²) >= 11 is 12.4. The highest BCUT2D eigenvalue weighted by Gasteiger charge is 2.35. The number of nitro benzene ring substituents is 1. The van der Waals surface area contributed by atoms with Crippen LogP contribution in [0.1, 0.15) is 31.9 Å². The van der Waals surface area contributed by atoms with Gasteiger partial charge in [-0.15, -0.1) is 0 Å². The monoisotopic (exact) mass is 664 g/mol. The Bertz CT molecular complexity index is 1630. The molecule has 11 nitrogen and oxygen atoms in total. The van der Waals surface area contributed by atoms with Gasteiger partial charge >= 0.3 is 0 Å². The van der Waals surface area contributed by atoms with E-state index < -0.39 is 50.6 Å². The molecular weight excluding hydrogens is 631 g/mol. The number of carbonyl (C=O) groups is 2. The zero-order valence-electron chi connectivity index (χ0n) is 24.9. The number of non-ortho nitro benzene ring substituents is 1. The number of nitrogens with zero attached hydrogens (tertiary/aromatic N) is 3. The molecular formula is C30H34Cl2N4O7S. The third kappa shape index (κ3) is 9.31. The maximum atomic E-state index is 14.3. The van der Waals surface area contributed by atoms with E-state index in [0.717, 1.165) is 28.3 Å². The van der Waals surface area contributed by atoms with Gasteiger partial charge in [-0.05, 0) is 50.1 Å². The van der Waals surface area contributed by atoms with Crippen LogP contribution in [0.3, 0.4) is 0 Å². The molecule has 0 saturated carbocycles. The minimum absolute atomic E-state index is 0.00355. The summed E-state index contributed by atoms with van der Waals surface area (Å²) in [6.07, 6.45) is 0.977. The van der Waals surface area contributed by atoms with Crippen molar-refractivity contribution >= 4 is 56.4 Å². The van der Waals surface area contributed by atoms with Crippen molar-refractivity contribution in [3.63, 3.8) is 0 Å². The summed E-state index contributed by atoms with van der Waals surface area (Å²) in [7, 11) is -2.92. The number of sulfonamides is 1. The fourth-order valence-electron chi connectivity index (χ4n) is 4.42. The first kappa shape index (κ1) is 34.6. The van der Waals surface area contributed by atoms with E-state index >= 15 is 0 Å². The highest BCUT2D eigenvalue weighted by atomic mass is 35.5. The summed E-state index contributed by atoms with van der Waals surface area (Å²) < 4.78 is 32.2. The van der Waals surface area contributed by atoms with Crippen LogP contribution < -0.4 is 14.4 Å². The molecule has 44 heavy (non-hydrogen) atoms. The summed E-state index contributed by atoms with van der Waals surface area (Å²) in [5, 5.41) is 15.0. The standard InChI is InChI=1S/C30H34Cl2N4O7S/c1-30(2,3)33-29(38)26(16-20-9-7-6-8-10-20)34(18-21-11-13-23(31)24(32)15-21)28(37)19-35(44(5,41)42)25-17-22(36(39)40)12-14-27(25)43-4/h6-15,17,26H,16,18-19H2,1-5H3,(H,33,38). The van der Waals surface area contributed by atoms with Gasteiger partial charge in [0, 0.05) is 30.6 Å². The van der Waals surface area contributed by atoms with Gasteiger partial charge < -0.3 is 15.0 Å². The fraction of sp³-hybridized carbons (Fsp3) is 0.333. The number of carbonyl (C=O) groups excluding carboxylic acids is 2. The van der Waals surface area contributed by atoms with E-state index in [1.165, 1.54) is 18.1 Å². The molecule has 0 aliphatic rings. The van der Waals surface area contributed by atoms with E-state index in [0.29, 0.717) is 10.6 Å². The number of benzene rings is 3. The van der Waals surface area contributed by atoms with Gasteiger partial charge in [-0.3, -0.25) is 24.0 Å². The quantitative estimate of drug-likeness (QED) is 0.207. The molecule has 2 amide bonds. The topological polar surface area (TPSA) is 139 Å². The van der Waals surface area contributed by atoms with Gasteiger partial charge in [-0.25, -0.2) is 8.42 Å². The maximum Gasteiger partial charge on any atom is 0.271 e. The van der Waals surface area contributed by atoms with Crippen LogP contribution in [0.15, 0.2) is 66.7 Å². The molecule has 3 aromatic carbocycles. The molecule has 0 spiro atoms. The highest BCUT2D eigenvalue weighted by molar-refractivity contribution is 7.92. The van der Waals surface area contributed by atoms with Crippen molar-refractivity contribution in [2.75, 3.05) is 24.2 Å². The van der Waals surface area contributed by atoms with Gasteiger partial charge in [-0.1, -0.05) is 59.6 Å². The SMILES string of the molecule is COc1ccc([N+](=O)[O-])cc1N(CC(=O)N(Cc1ccc(Cl)c(Cl)c1)C(Cc1ccccc1)C(=O)NC(C)(C)C)S(C)(=O)=O. The van der Waals surface area contributed by atoms with Crippen molar-refractivity contribution in [1.82, 2.24) is 10.2 Å². The molecule has 3 rings (SSSR count). The Morgan fingerprint density at radius 3 is 2.20 bits per heavy atom. The van der Waals surface area contributed by atoms with Crippen LogP contribution in [0.5, 0.6) is 5.75 Å². The van der Waals surface area contributed by atoms with E-state index in [4.69, 9.17) is 27.9 Å². The molecule has 0 radical (unpaired) electrons. The predicted octanol–water partition coefficient (Wildman–Crippen LogP) is 5.23. The number of ether oxygens (including phenoxy) is 1. The molecule has 0 aliphatic heterocycles. The number of hydrogen-bond donors (Lipinski definition) is 1. The lowest BCUT2D eigenvalue weighted by atomic mass is 10.0. The summed E-state index contributed by atoms with van der Waals surface area (Å²) in [5.41, 5.74) is 0.0355. The third-order valence-electron chi connectivity index (χ3n) is 6.43. The number of amides is 2. The van der Waals surface area contributed by atoms with E-state index in [1.807, 2.05) is 18.2 Å². The Labute approximate surface area is 266 Å². The van der Waals surface area contributed by atoms with E-state index in [-0.39, 0.29) is 29.4 Å². The Hall–Kier alpha value is -3.87. The second-order valence-corrected chi connectivity index (χ2v) is 13.8. The number of hydrogen-bond acceptors (Lipinski definition) is 7. The van der Waals surface area contributed by atoms with E-state index in [2.05, 4.69) is 5.32 Å². The molecule has 14 heteroatoms. The maximum absolute atomic E-state index is 14.3. The van der Waals surface area contributed by atoms with Crippen molar-refractivity contribution < 1.29 is 27.7 Å². The smallest absolute Gasteiger partial charge is 0.271 e. The van der Waals surface area contributed by atoms with Crippen LogP contribution in [0.2, 0.25) is 10.0 Å². The second kappa shape index (κ2) is 14.3. The average molecular weight is 666 g/mol. The van der Waals surface area contributed by atoms with Crippen LogP contribution in [0, 0.1) is 10.1 Å². The Balaban J connectivity index is 2.16. The van der Waals surface area contributed by atoms with Crippen molar-refractivity contribution in [1.29, 1.82) is 0 Å². The first-order valence-electron chi connectivity index (χ1n) is 13.4. The Morgan fingerprint density at radius 2 is 1.66 bits per heavy atom. The first-order chi connectivity index (χ1) is 20.5. The molecule has 0 fully saturated rings. The molecule has 0 bridgehead atoms. The minimum Gasteiger partial charge on any atom is -0.495 e. The summed E-state index contributed by atoms with van der Waals surface area (Å²) in [6, 6.07) is 16.2. The number of methoxy groups -OCH3 is 1. The number of rotatable bonds is 12. The molecule has 236 valence electrons. The molecule has 1 unspecified atom stereocenters. The number of nitro groups is 1. The normalized spacial score (nSPS) is 12.2. The molecule has 0 heterocycles. The molecule has 3 aromatic rings. The fourth-order valence-corrected chi connectivity index (χ4v) is 5.59. The molecule has 0 aromatic heterocycles. The van der Waals surface area contributed by atoms with E-state index in [9.17, 15) is 28.1 Å². The van der Waals surface area contributed by atoms with Crippen LogP contribution in [-0.2, 0) is 32.6 Å². The lowest BCUT2D eigenvalue weighted by molar-refractivity contribution is -0.384. The summed E-state index contributed by atoms with van der Waals surface area (Å²) in [4.78, 5) is 40.2. The second-order valence-electron chi connectivity index (χ2n) is 11.1. The number of halogens is 2. The van der Waals surface area contributed by atoms with Crippen molar-refractivity contribution in [2.45, 2.75) is 45.3 Å². The van der Waals surface area contributed by atoms with Gasteiger partial charge in [0.2, 0.25) is 21.8 Å². The van der Waals surface area contributed by atoms with Gasteiger partial charge in [0.1, 0.15) is 24.0 Å². The van der Waals surface area contributed by atoms with Gasteiger partial charge in [0.05, 0.1) is 28.3 Å². The highest BCUT2D eigenvalue weighted by Crippen LogP contribution is 2.34. The van der Waals surface area contributed by atoms with E-state index in [1.54, 1.807) is 51.1 Å². The van der Waals surface area contributed by atoms with Crippen molar-refractivity contribution in [3.05, 3.63) is 98.0 Å². The summed E-state index contributed by atoms with van der Waals surface area (Å²) in [5.74, 6) is -1.22.